The molecule has 29 heavy (non-hydrogen) atoms. The molecule has 4 N–H and O–H groups in total. The third kappa shape index (κ3) is 5.79. The number of para-hydroxylation sites is 1. The Kier molecular flexibility index (Phi) is 8.63. The van der Waals surface area contributed by atoms with Crippen LogP contribution in [-0.2, 0) is 9.53 Å². The van der Waals surface area contributed by atoms with Gasteiger partial charge in [-0.15, -0.1) is 12.4 Å². The highest BCUT2D eigenvalue weighted by Gasteiger charge is 2.23. The van der Waals surface area contributed by atoms with E-state index >= 15 is 0 Å². The summed E-state index contributed by atoms with van der Waals surface area (Å²) in [6, 6.07) is 6.98. The van der Waals surface area contributed by atoms with E-state index in [4.69, 9.17) is 10.5 Å². The molecular weight excluding hydrogens is 396 g/mol. The number of aromatic amines is 1. The highest BCUT2D eigenvalue weighted by Crippen LogP contribution is 2.14. The van der Waals surface area contributed by atoms with E-state index < -0.39 is 5.91 Å². The first-order valence-electron chi connectivity index (χ1n) is 9.58. The van der Waals surface area contributed by atoms with Gasteiger partial charge in [0, 0.05) is 36.8 Å². The third-order valence-electron chi connectivity index (χ3n) is 4.93. The predicted octanol–water partition coefficient (Wildman–Crippen LogP) is 1.04. The fourth-order valence-electron chi connectivity index (χ4n) is 3.30. The number of hydrogen-bond acceptors (Lipinski definition) is 5. The maximum Gasteiger partial charge on any atom is 0.257 e. The highest BCUT2D eigenvalue weighted by atomic mass is 35.5. The summed E-state index contributed by atoms with van der Waals surface area (Å²) >= 11 is 0. The van der Waals surface area contributed by atoms with Crippen molar-refractivity contribution in [3.63, 3.8) is 0 Å². The van der Waals surface area contributed by atoms with Gasteiger partial charge in [-0.3, -0.25) is 14.4 Å². The van der Waals surface area contributed by atoms with Gasteiger partial charge in [-0.05, 0) is 37.9 Å². The molecule has 8 nitrogen and oxygen atoms in total. The summed E-state index contributed by atoms with van der Waals surface area (Å²) in [5.74, 6) is -0.716. The molecule has 2 amide bonds. The molecule has 0 aliphatic carbocycles. The molecule has 1 aliphatic rings. The first kappa shape index (κ1) is 22.9. The van der Waals surface area contributed by atoms with E-state index in [-0.39, 0.29) is 42.0 Å². The van der Waals surface area contributed by atoms with Gasteiger partial charge in [0.25, 0.3) is 5.91 Å². The fourth-order valence-corrected chi connectivity index (χ4v) is 3.30. The highest BCUT2D eigenvalue weighted by molar-refractivity contribution is 5.98. The number of ether oxygens (including phenoxy) is 1. The molecule has 0 unspecified atom stereocenters. The topological polar surface area (TPSA) is 118 Å². The van der Waals surface area contributed by atoms with Gasteiger partial charge < -0.3 is 25.7 Å². The summed E-state index contributed by atoms with van der Waals surface area (Å²) < 4.78 is 5.73. The Morgan fingerprint density at radius 2 is 1.97 bits per heavy atom. The monoisotopic (exact) mass is 422 g/mol. The molecule has 2 aromatic rings. The van der Waals surface area contributed by atoms with Gasteiger partial charge in [-0.1, -0.05) is 12.1 Å². The zero-order valence-corrected chi connectivity index (χ0v) is 17.0. The summed E-state index contributed by atoms with van der Waals surface area (Å²) in [6.07, 6.45) is 3.91. The van der Waals surface area contributed by atoms with Crippen LogP contribution in [-0.4, -0.2) is 60.6 Å². The minimum absolute atomic E-state index is 0. The smallest absolute Gasteiger partial charge is 0.257 e. The lowest BCUT2D eigenvalue weighted by Crippen LogP contribution is -2.46. The Morgan fingerprint density at radius 1 is 1.24 bits per heavy atom. The molecule has 1 fully saturated rings. The summed E-state index contributed by atoms with van der Waals surface area (Å²) in [5, 5.41) is 3.00. The van der Waals surface area contributed by atoms with Crippen molar-refractivity contribution >= 4 is 35.1 Å². The van der Waals surface area contributed by atoms with Crippen LogP contribution in [0.5, 0.6) is 0 Å². The molecular formula is C20H27ClN4O4. The van der Waals surface area contributed by atoms with E-state index in [9.17, 15) is 14.4 Å². The van der Waals surface area contributed by atoms with Gasteiger partial charge in [0.15, 0.2) is 0 Å². The molecule has 0 spiro atoms. The van der Waals surface area contributed by atoms with Crippen molar-refractivity contribution in [1.29, 1.82) is 0 Å². The average molecular weight is 423 g/mol. The Labute approximate surface area is 175 Å². The second-order valence-electron chi connectivity index (χ2n) is 6.85. The quantitative estimate of drug-likeness (QED) is 0.576. The van der Waals surface area contributed by atoms with Crippen LogP contribution in [0.25, 0.3) is 10.9 Å². The van der Waals surface area contributed by atoms with Crippen LogP contribution in [0.3, 0.4) is 0 Å². The number of aromatic nitrogens is 1. The summed E-state index contributed by atoms with van der Waals surface area (Å²) in [4.78, 5) is 41.8. The second-order valence-corrected chi connectivity index (χ2v) is 6.85. The van der Waals surface area contributed by atoms with Crippen LogP contribution >= 0.6 is 12.4 Å². The number of H-pyrrole nitrogens is 1. The van der Waals surface area contributed by atoms with Gasteiger partial charge in [-0.2, -0.15) is 0 Å². The summed E-state index contributed by atoms with van der Waals surface area (Å²) in [5.41, 5.74) is 5.76. The first-order valence-corrected chi connectivity index (χ1v) is 9.58. The minimum atomic E-state index is -0.555. The lowest BCUT2D eigenvalue weighted by molar-refractivity contribution is -0.132. The van der Waals surface area contributed by atoms with Crippen molar-refractivity contribution in [2.24, 2.45) is 5.73 Å². The second kappa shape index (κ2) is 10.9. The molecule has 3 rings (SSSR count). The molecule has 158 valence electrons. The number of hydrogen-bond donors (Lipinski definition) is 3. The van der Waals surface area contributed by atoms with Crippen molar-refractivity contribution in [3.8, 4) is 0 Å². The zero-order valence-electron chi connectivity index (χ0n) is 16.2. The molecule has 9 heteroatoms. The lowest BCUT2D eigenvalue weighted by Gasteiger charge is -2.32. The van der Waals surface area contributed by atoms with E-state index in [2.05, 4.69) is 10.3 Å². The molecule has 1 saturated heterocycles. The van der Waals surface area contributed by atoms with Gasteiger partial charge in [0.05, 0.1) is 12.6 Å². The first-order chi connectivity index (χ1) is 13.6. The maximum absolute atomic E-state index is 12.5. The van der Waals surface area contributed by atoms with Crippen molar-refractivity contribution < 1.29 is 14.3 Å². The van der Waals surface area contributed by atoms with E-state index in [1.165, 1.54) is 6.20 Å². The van der Waals surface area contributed by atoms with Crippen LogP contribution in [0.4, 0.5) is 0 Å². The van der Waals surface area contributed by atoms with E-state index in [1.54, 1.807) is 23.1 Å². The number of nitrogens with zero attached hydrogens (tertiary/aromatic N) is 1. The Balaban J connectivity index is 0.00000300. The number of fused-ring (bicyclic) bond motifs is 1. The Bertz CT molecular complexity index is 893. The van der Waals surface area contributed by atoms with E-state index in [0.29, 0.717) is 37.1 Å². The fraction of sp³-hybridized carbons (Fsp3) is 0.450. The number of halogens is 1. The molecule has 0 radical (unpaired) electrons. The predicted molar refractivity (Wildman–Crippen MR) is 113 cm³/mol. The molecule has 0 atom stereocenters. The Hall–Kier alpha value is -2.42. The number of likely N-dealkylation sites (tertiary alicyclic amines) is 1. The van der Waals surface area contributed by atoms with Gasteiger partial charge in [0.2, 0.25) is 11.3 Å². The van der Waals surface area contributed by atoms with Crippen molar-refractivity contribution in [3.05, 3.63) is 46.2 Å². The number of nitrogens with two attached hydrogens (primary N) is 1. The summed E-state index contributed by atoms with van der Waals surface area (Å²) in [6.45, 7) is 2.31. The zero-order chi connectivity index (χ0) is 19.9. The van der Waals surface area contributed by atoms with Gasteiger partial charge in [-0.25, -0.2) is 0 Å². The van der Waals surface area contributed by atoms with Crippen LogP contribution in [0.15, 0.2) is 35.3 Å². The van der Waals surface area contributed by atoms with Gasteiger partial charge in [0.1, 0.15) is 5.56 Å². The Morgan fingerprint density at radius 3 is 2.69 bits per heavy atom. The number of carbonyl (C=O) groups is 2. The number of nitrogens with one attached hydrogen (secondary N) is 2. The number of piperidine rings is 1. The molecule has 0 bridgehead atoms. The molecule has 0 saturated carbocycles. The van der Waals surface area contributed by atoms with Gasteiger partial charge >= 0.3 is 0 Å². The largest absolute Gasteiger partial charge is 0.378 e. The molecule has 1 aliphatic heterocycles. The molecule has 2 heterocycles. The number of pyridine rings is 1. The molecule has 1 aromatic carbocycles. The van der Waals surface area contributed by atoms with E-state index in [1.807, 2.05) is 6.07 Å². The van der Waals surface area contributed by atoms with Crippen LogP contribution in [0.2, 0.25) is 0 Å². The minimum Gasteiger partial charge on any atom is -0.378 e. The normalized spacial score (nSPS) is 14.4. The summed E-state index contributed by atoms with van der Waals surface area (Å²) in [7, 11) is 0. The number of benzene rings is 1. The number of carbonyl (C=O) groups excluding carboxylic acids is 2. The number of amides is 2. The van der Waals surface area contributed by atoms with Crippen molar-refractivity contribution in [1.82, 2.24) is 15.2 Å². The lowest BCUT2D eigenvalue weighted by atomic mass is 10.1. The third-order valence-corrected chi connectivity index (χ3v) is 4.93. The number of rotatable bonds is 7. The van der Waals surface area contributed by atoms with Crippen molar-refractivity contribution in [2.75, 3.05) is 32.8 Å². The maximum atomic E-state index is 12.5. The van der Waals surface area contributed by atoms with Crippen LogP contribution in [0.1, 0.15) is 29.6 Å². The van der Waals surface area contributed by atoms with E-state index in [0.717, 1.165) is 19.3 Å². The van der Waals surface area contributed by atoms with Crippen LogP contribution in [0, 0.1) is 0 Å². The average Bonchev–Trinajstić information content (AvgIpc) is 2.73. The van der Waals surface area contributed by atoms with Crippen molar-refractivity contribution in [2.45, 2.75) is 25.4 Å². The standard InChI is InChI=1S/C20H26N4O4.ClH/c21-8-3-11-28-14-6-9-24(10-7-14)18(25)13-23-20(27)16-12-22-17-5-2-1-4-15(17)19(16)26;/h1-2,4-5,12,14H,3,6-11,13,21H2,(H,22,26)(H,23,27);1H. The van der Waals surface area contributed by atoms with Crippen LogP contribution < -0.4 is 16.5 Å². The SMILES string of the molecule is Cl.NCCCOC1CCN(C(=O)CNC(=O)c2c[nH]c3ccccc3c2=O)CC1. The molecule has 1 aromatic heterocycles.